The molecule has 0 aliphatic carbocycles. The normalized spacial score (nSPS) is 14.0. The van der Waals surface area contributed by atoms with Gasteiger partial charge in [-0.3, -0.25) is 9.59 Å². The lowest BCUT2D eigenvalue weighted by Gasteiger charge is -2.15. The molecule has 0 spiro atoms. The Labute approximate surface area is 207 Å². The molecule has 0 fully saturated rings. The fraction of sp³-hybridized carbons (Fsp3) is 0.280. The molecule has 1 unspecified atom stereocenters. The predicted molar refractivity (Wildman–Crippen MR) is 129 cm³/mol. The Morgan fingerprint density at radius 1 is 1.24 bits per heavy atom. The summed E-state index contributed by atoms with van der Waals surface area (Å²) < 4.78 is 16.9. The van der Waals surface area contributed by atoms with Gasteiger partial charge in [-0.1, -0.05) is 41.1 Å². The van der Waals surface area contributed by atoms with E-state index in [2.05, 4.69) is 17.2 Å². The van der Waals surface area contributed by atoms with Gasteiger partial charge in [-0.05, 0) is 61.7 Å². The topological polar surface area (TPSA) is 78.9 Å². The molecule has 2 aromatic carbocycles. The number of aliphatic hydroxyl groups excluding tert-OH is 1. The fourth-order valence-electron chi connectivity index (χ4n) is 3.32. The van der Waals surface area contributed by atoms with Gasteiger partial charge in [-0.25, -0.2) is 4.39 Å². The number of nitrogens with zero attached hydrogens (tertiary/aromatic N) is 1. The van der Waals surface area contributed by atoms with E-state index in [1.54, 1.807) is 36.4 Å². The monoisotopic (exact) mass is 504 g/mol. The van der Waals surface area contributed by atoms with Crippen LogP contribution in [0.25, 0.3) is 0 Å². The van der Waals surface area contributed by atoms with Crippen molar-refractivity contribution in [3.63, 3.8) is 0 Å². The summed E-state index contributed by atoms with van der Waals surface area (Å²) >= 11 is 12.0. The Hall–Kier alpha value is -3.21. The molecular formula is C25H23Cl2FN2O4. The minimum Gasteiger partial charge on any atom is -0.503 e. The lowest BCUT2D eigenvalue weighted by molar-refractivity contribution is -0.127. The van der Waals surface area contributed by atoms with Crippen LogP contribution < -0.4 is 10.1 Å². The number of rotatable bonds is 8. The molecule has 1 atom stereocenters. The Morgan fingerprint density at radius 2 is 1.97 bits per heavy atom. The van der Waals surface area contributed by atoms with Gasteiger partial charge in [0.2, 0.25) is 6.86 Å². The molecule has 0 bridgehead atoms. The Kier molecular flexibility index (Phi) is 8.80. The fourth-order valence-corrected chi connectivity index (χ4v) is 3.64. The summed E-state index contributed by atoms with van der Waals surface area (Å²) in [5.74, 6) is 4.41. The third-order valence-electron chi connectivity index (χ3n) is 5.20. The van der Waals surface area contributed by atoms with E-state index in [0.717, 1.165) is 5.56 Å². The highest BCUT2D eigenvalue weighted by Gasteiger charge is 2.33. The van der Waals surface area contributed by atoms with Crippen molar-refractivity contribution in [2.45, 2.75) is 25.8 Å². The number of ether oxygens (including phenoxy) is 1. The number of amides is 2. The molecule has 6 nitrogen and oxygen atoms in total. The maximum Gasteiger partial charge on any atom is 0.290 e. The van der Waals surface area contributed by atoms with Gasteiger partial charge in [0.25, 0.3) is 11.8 Å². The summed E-state index contributed by atoms with van der Waals surface area (Å²) in [5.41, 5.74) is 1.66. The van der Waals surface area contributed by atoms with Gasteiger partial charge >= 0.3 is 0 Å². The average molecular weight is 505 g/mol. The van der Waals surface area contributed by atoms with Gasteiger partial charge < -0.3 is 20.1 Å². The minimum absolute atomic E-state index is 0.0147. The van der Waals surface area contributed by atoms with E-state index >= 15 is 0 Å². The molecule has 2 N–H and O–H groups in total. The number of carbonyl (C=O) groups excluding carboxylic acids is 2. The summed E-state index contributed by atoms with van der Waals surface area (Å²) in [4.78, 5) is 26.2. The van der Waals surface area contributed by atoms with Crippen molar-refractivity contribution in [3.8, 4) is 17.6 Å². The molecule has 9 heteroatoms. The number of carbonyl (C=O) groups is 2. The molecule has 0 saturated carbocycles. The number of alkyl halides is 1. The first-order valence-electron chi connectivity index (χ1n) is 10.5. The van der Waals surface area contributed by atoms with Crippen LogP contribution in [0.5, 0.6) is 5.75 Å². The van der Waals surface area contributed by atoms with Gasteiger partial charge in [-0.2, -0.15) is 0 Å². The number of hydrogen-bond acceptors (Lipinski definition) is 4. The summed E-state index contributed by atoms with van der Waals surface area (Å²) in [7, 11) is 0. The number of aryl methyl sites for hydroxylation is 1. The van der Waals surface area contributed by atoms with E-state index in [-0.39, 0.29) is 24.7 Å². The highest BCUT2D eigenvalue weighted by atomic mass is 35.5. The SMILES string of the molecule is CC(CCc1ccc(Cl)c(Cl)c1)NC(=O)C1=C(O)C(=O)N(CC#Cc2ccc(OCF)cc2)C1. The first-order chi connectivity index (χ1) is 16.3. The van der Waals surface area contributed by atoms with E-state index in [0.29, 0.717) is 34.2 Å². The first kappa shape index (κ1) is 25.4. The molecule has 34 heavy (non-hydrogen) atoms. The zero-order valence-electron chi connectivity index (χ0n) is 18.4. The van der Waals surface area contributed by atoms with Crippen LogP contribution >= 0.6 is 23.2 Å². The molecule has 2 aromatic rings. The molecule has 0 radical (unpaired) electrons. The molecule has 1 aliphatic rings. The maximum atomic E-state index is 12.6. The van der Waals surface area contributed by atoms with Gasteiger partial charge in [-0.15, -0.1) is 0 Å². The zero-order valence-corrected chi connectivity index (χ0v) is 19.9. The molecule has 1 heterocycles. The summed E-state index contributed by atoms with van der Waals surface area (Å²) in [6.45, 7) is 0.935. The van der Waals surface area contributed by atoms with Crippen molar-refractivity contribution >= 4 is 35.0 Å². The van der Waals surface area contributed by atoms with Crippen molar-refractivity contribution in [1.82, 2.24) is 10.2 Å². The van der Waals surface area contributed by atoms with Gasteiger partial charge in [0.15, 0.2) is 5.76 Å². The molecular weight excluding hydrogens is 482 g/mol. The summed E-state index contributed by atoms with van der Waals surface area (Å²) in [6, 6.07) is 11.7. The van der Waals surface area contributed by atoms with Gasteiger partial charge in [0, 0.05) is 11.6 Å². The quantitative estimate of drug-likeness (QED) is 0.520. The number of nitrogens with one attached hydrogen (secondary N) is 1. The highest BCUT2D eigenvalue weighted by Crippen LogP contribution is 2.23. The Balaban J connectivity index is 1.51. The Bertz CT molecular complexity index is 1160. The smallest absolute Gasteiger partial charge is 0.290 e. The van der Waals surface area contributed by atoms with Crippen molar-refractivity contribution in [2.24, 2.45) is 0 Å². The van der Waals surface area contributed by atoms with Crippen LogP contribution in [-0.4, -0.2) is 47.8 Å². The van der Waals surface area contributed by atoms with Crippen LogP contribution in [0.3, 0.4) is 0 Å². The van der Waals surface area contributed by atoms with Crippen molar-refractivity contribution < 1.29 is 23.8 Å². The Morgan fingerprint density at radius 3 is 2.65 bits per heavy atom. The average Bonchev–Trinajstić information content (AvgIpc) is 3.10. The van der Waals surface area contributed by atoms with E-state index in [1.807, 2.05) is 13.0 Å². The van der Waals surface area contributed by atoms with Crippen molar-refractivity contribution in [1.29, 1.82) is 0 Å². The van der Waals surface area contributed by atoms with Gasteiger partial charge in [0.1, 0.15) is 5.75 Å². The molecule has 0 aromatic heterocycles. The molecule has 1 aliphatic heterocycles. The molecule has 0 saturated heterocycles. The standard InChI is InChI=1S/C25H23Cl2FN2O4/c1-16(4-5-18-8-11-21(26)22(27)13-18)29-24(32)20-14-30(25(33)23(20)31)12-2-3-17-6-9-19(10-7-17)34-15-28/h6-11,13,16,31H,4-5,12,14-15H2,1H3,(H,29,32). The number of halogens is 3. The predicted octanol–water partition coefficient (Wildman–Crippen LogP) is 4.44. The van der Waals surface area contributed by atoms with E-state index in [4.69, 9.17) is 27.9 Å². The lowest BCUT2D eigenvalue weighted by Crippen LogP contribution is -2.35. The van der Waals surface area contributed by atoms with Crippen LogP contribution in [0.15, 0.2) is 53.8 Å². The highest BCUT2D eigenvalue weighted by molar-refractivity contribution is 6.42. The van der Waals surface area contributed by atoms with Crippen LogP contribution in [-0.2, 0) is 16.0 Å². The number of hydrogen-bond donors (Lipinski definition) is 2. The maximum absolute atomic E-state index is 12.6. The van der Waals surface area contributed by atoms with Crippen molar-refractivity contribution in [3.05, 3.63) is 75.0 Å². The number of benzene rings is 2. The van der Waals surface area contributed by atoms with Crippen molar-refractivity contribution in [2.75, 3.05) is 20.0 Å². The number of aliphatic hydroxyl groups is 1. The molecule has 3 rings (SSSR count). The van der Waals surface area contributed by atoms with Gasteiger partial charge in [0.05, 0.1) is 28.7 Å². The van der Waals surface area contributed by atoms with Crippen LogP contribution in [0, 0.1) is 11.8 Å². The second-order valence-corrected chi connectivity index (χ2v) is 8.54. The van der Waals surface area contributed by atoms with Crippen LogP contribution in [0.4, 0.5) is 4.39 Å². The van der Waals surface area contributed by atoms with E-state index in [1.165, 1.54) is 4.90 Å². The first-order valence-corrected chi connectivity index (χ1v) is 11.3. The third kappa shape index (κ3) is 6.66. The minimum atomic E-state index is -0.912. The zero-order chi connectivity index (χ0) is 24.7. The van der Waals surface area contributed by atoms with E-state index in [9.17, 15) is 19.1 Å². The largest absolute Gasteiger partial charge is 0.503 e. The lowest BCUT2D eigenvalue weighted by atomic mass is 10.1. The summed E-state index contributed by atoms with van der Waals surface area (Å²) in [5, 5.41) is 14.0. The van der Waals surface area contributed by atoms with Crippen LogP contribution in [0.2, 0.25) is 10.0 Å². The third-order valence-corrected chi connectivity index (χ3v) is 5.94. The summed E-state index contributed by atoms with van der Waals surface area (Å²) in [6.07, 6.45) is 1.31. The molecule has 178 valence electrons. The van der Waals surface area contributed by atoms with E-state index < -0.39 is 24.4 Å². The second-order valence-electron chi connectivity index (χ2n) is 7.73. The second kappa shape index (κ2) is 11.8. The molecule has 2 amide bonds. The van der Waals surface area contributed by atoms with Crippen LogP contribution in [0.1, 0.15) is 24.5 Å².